The van der Waals surface area contributed by atoms with Crippen molar-refractivity contribution in [2.45, 2.75) is 32.4 Å². The van der Waals surface area contributed by atoms with Crippen LogP contribution in [-0.2, 0) is 6.42 Å². The third-order valence-electron chi connectivity index (χ3n) is 3.02. The summed E-state index contributed by atoms with van der Waals surface area (Å²) in [5, 5.41) is 11.0. The predicted octanol–water partition coefficient (Wildman–Crippen LogP) is 4.16. The highest BCUT2D eigenvalue weighted by molar-refractivity contribution is 9.10. The van der Waals surface area contributed by atoms with Gasteiger partial charge in [0.2, 0.25) is 0 Å². The van der Waals surface area contributed by atoms with Gasteiger partial charge in [-0.3, -0.25) is 0 Å². The van der Waals surface area contributed by atoms with Gasteiger partial charge in [0.15, 0.2) is 0 Å². The molecule has 2 rings (SSSR count). The molecule has 0 aliphatic rings. The summed E-state index contributed by atoms with van der Waals surface area (Å²) < 4.78 is 2.90. The van der Waals surface area contributed by atoms with E-state index in [-0.39, 0.29) is 6.04 Å². The molecule has 1 atom stereocenters. The van der Waals surface area contributed by atoms with Gasteiger partial charge in [0.25, 0.3) is 0 Å². The summed E-state index contributed by atoms with van der Waals surface area (Å²) in [6.45, 7) is 4.12. The first-order chi connectivity index (χ1) is 8.99. The van der Waals surface area contributed by atoms with Gasteiger partial charge in [0.1, 0.15) is 0 Å². The van der Waals surface area contributed by atoms with Crippen LogP contribution in [0.5, 0.6) is 0 Å². The van der Waals surface area contributed by atoms with E-state index in [1.807, 2.05) is 22.8 Å². The molecule has 1 aromatic heterocycles. The first kappa shape index (κ1) is 14.6. The van der Waals surface area contributed by atoms with Crippen LogP contribution in [0.1, 0.15) is 37.3 Å². The van der Waals surface area contributed by atoms with Gasteiger partial charge in [-0.05, 0) is 31.5 Å². The van der Waals surface area contributed by atoms with Crippen LogP contribution in [0.25, 0.3) is 0 Å². The second-order valence-electron chi connectivity index (χ2n) is 4.78. The molecule has 1 aromatic carbocycles. The van der Waals surface area contributed by atoms with Crippen molar-refractivity contribution in [3.8, 4) is 0 Å². The number of benzene rings is 1. The van der Waals surface area contributed by atoms with Gasteiger partial charge in [-0.2, -0.15) is 0 Å². The highest BCUT2D eigenvalue weighted by Crippen LogP contribution is 2.27. The van der Waals surface area contributed by atoms with Crippen LogP contribution in [0.2, 0.25) is 5.02 Å². The van der Waals surface area contributed by atoms with Crippen molar-refractivity contribution in [2.24, 2.45) is 0 Å². The molecule has 0 saturated carbocycles. The van der Waals surface area contributed by atoms with Crippen LogP contribution in [0.15, 0.2) is 35.2 Å². The molecular weight excluding hydrogens is 328 g/mol. The Kier molecular flexibility index (Phi) is 4.66. The van der Waals surface area contributed by atoms with Crippen molar-refractivity contribution in [1.82, 2.24) is 9.55 Å². The Morgan fingerprint density at radius 1 is 1.42 bits per heavy atom. The normalized spacial score (nSPS) is 12.9. The van der Waals surface area contributed by atoms with Crippen LogP contribution in [0.4, 0.5) is 0 Å². The highest BCUT2D eigenvalue weighted by Gasteiger charge is 2.16. The lowest BCUT2D eigenvalue weighted by atomic mass is 10.1. The Hall–Kier alpha value is -0.840. The van der Waals surface area contributed by atoms with Crippen LogP contribution < -0.4 is 0 Å². The van der Waals surface area contributed by atoms with Gasteiger partial charge in [-0.25, -0.2) is 4.98 Å². The fourth-order valence-electron chi connectivity index (χ4n) is 2.00. The van der Waals surface area contributed by atoms with Gasteiger partial charge >= 0.3 is 0 Å². The Labute approximate surface area is 126 Å². The minimum Gasteiger partial charge on any atom is -0.386 e. The molecule has 0 spiro atoms. The molecule has 1 unspecified atom stereocenters. The lowest BCUT2D eigenvalue weighted by Crippen LogP contribution is -2.11. The molecule has 2 aromatic rings. The predicted molar refractivity (Wildman–Crippen MR) is 80.4 cm³/mol. The van der Waals surface area contributed by atoms with Crippen molar-refractivity contribution in [3.63, 3.8) is 0 Å². The largest absolute Gasteiger partial charge is 0.386 e. The van der Waals surface area contributed by atoms with Crippen LogP contribution >= 0.6 is 27.5 Å². The third-order valence-corrected chi connectivity index (χ3v) is 3.87. The number of aliphatic hydroxyl groups is 1. The van der Waals surface area contributed by atoms with E-state index >= 15 is 0 Å². The number of hydrogen-bond donors (Lipinski definition) is 1. The molecule has 0 aliphatic carbocycles. The van der Waals surface area contributed by atoms with Crippen molar-refractivity contribution in [3.05, 3.63) is 51.5 Å². The zero-order valence-electron chi connectivity index (χ0n) is 10.8. The molecule has 5 heteroatoms. The maximum atomic E-state index is 10.4. The van der Waals surface area contributed by atoms with Crippen molar-refractivity contribution >= 4 is 27.5 Å². The second-order valence-corrected chi connectivity index (χ2v) is 6.10. The van der Waals surface area contributed by atoms with E-state index in [0.717, 1.165) is 15.7 Å². The van der Waals surface area contributed by atoms with Gasteiger partial charge in [0, 0.05) is 22.0 Å². The topological polar surface area (TPSA) is 38.0 Å². The van der Waals surface area contributed by atoms with Crippen LogP contribution in [-0.4, -0.2) is 14.7 Å². The molecule has 0 fully saturated rings. The maximum Gasteiger partial charge on any atom is 0.0996 e. The van der Waals surface area contributed by atoms with Crippen molar-refractivity contribution < 1.29 is 5.11 Å². The molecule has 1 N–H and O–H groups in total. The SMILES string of the molecule is CC(C)n1cncc1C(O)Cc1ccc(Br)cc1Cl. The second kappa shape index (κ2) is 6.07. The van der Waals surface area contributed by atoms with E-state index in [0.29, 0.717) is 11.4 Å². The number of halogens is 2. The molecule has 0 bridgehead atoms. The fraction of sp³-hybridized carbons (Fsp3) is 0.357. The smallest absolute Gasteiger partial charge is 0.0996 e. The van der Waals surface area contributed by atoms with Crippen LogP contribution in [0.3, 0.4) is 0 Å². The average Bonchev–Trinajstić information content (AvgIpc) is 2.82. The number of rotatable bonds is 4. The summed E-state index contributed by atoms with van der Waals surface area (Å²) in [4.78, 5) is 4.11. The Balaban J connectivity index is 2.21. The summed E-state index contributed by atoms with van der Waals surface area (Å²) in [6.07, 6.45) is 3.32. The molecule has 102 valence electrons. The van der Waals surface area contributed by atoms with Gasteiger partial charge in [0.05, 0.1) is 24.3 Å². The maximum absolute atomic E-state index is 10.4. The zero-order valence-corrected chi connectivity index (χ0v) is 13.2. The molecule has 19 heavy (non-hydrogen) atoms. The molecular formula is C14H16BrClN2O. The Morgan fingerprint density at radius 3 is 2.79 bits per heavy atom. The van der Waals surface area contributed by atoms with Gasteiger partial charge < -0.3 is 9.67 Å². The average molecular weight is 344 g/mol. The molecule has 0 radical (unpaired) electrons. The lowest BCUT2D eigenvalue weighted by Gasteiger charge is -2.17. The minimum absolute atomic E-state index is 0.271. The van der Waals surface area contributed by atoms with E-state index in [9.17, 15) is 5.11 Å². The fourth-order valence-corrected chi connectivity index (χ4v) is 2.76. The summed E-state index contributed by atoms with van der Waals surface area (Å²) in [7, 11) is 0. The molecule has 3 nitrogen and oxygen atoms in total. The van der Waals surface area contributed by atoms with E-state index in [2.05, 4.69) is 34.8 Å². The number of aliphatic hydroxyl groups excluding tert-OH is 1. The summed E-state index contributed by atoms with van der Waals surface area (Å²) >= 11 is 9.54. The minimum atomic E-state index is -0.608. The van der Waals surface area contributed by atoms with E-state index in [1.54, 1.807) is 12.5 Å². The number of imidazole rings is 1. The van der Waals surface area contributed by atoms with Crippen molar-refractivity contribution in [2.75, 3.05) is 0 Å². The van der Waals surface area contributed by atoms with Crippen molar-refractivity contribution in [1.29, 1.82) is 0 Å². The number of hydrogen-bond acceptors (Lipinski definition) is 2. The molecule has 0 saturated heterocycles. The first-order valence-electron chi connectivity index (χ1n) is 6.12. The quantitative estimate of drug-likeness (QED) is 0.905. The third kappa shape index (κ3) is 3.38. The monoisotopic (exact) mass is 342 g/mol. The summed E-state index contributed by atoms with van der Waals surface area (Å²) in [5.41, 5.74) is 1.74. The highest BCUT2D eigenvalue weighted by atomic mass is 79.9. The number of nitrogens with zero attached hydrogens (tertiary/aromatic N) is 2. The molecule has 0 amide bonds. The van der Waals surface area contributed by atoms with E-state index in [4.69, 9.17) is 11.6 Å². The lowest BCUT2D eigenvalue weighted by molar-refractivity contribution is 0.167. The first-order valence-corrected chi connectivity index (χ1v) is 7.30. The zero-order chi connectivity index (χ0) is 14.0. The number of aromatic nitrogens is 2. The Bertz CT molecular complexity index is 568. The molecule has 0 aliphatic heterocycles. The summed E-state index contributed by atoms with van der Waals surface area (Å²) in [5.74, 6) is 0. The summed E-state index contributed by atoms with van der Waals surface area (Å²) in [6, 6.07) is 5.95. The Morgan fingerprint density at radius 2 is 2.16 bits per heavy atom. The molecule has 1 heterocycles. The van der Waals surface area contributed by atoms with E-state index < -0.39 is 6.10 Å². The van der Waals surface area contributed by atoms with Gasteiger partial charge in [-0.1, -0.05) is 33.6 Å². The van der Waals surface area contributed by atoms with Crippen LogP contribution in [0, 0.1) is 0 Å². The standard InChI is InChI=1S/C14H16BrClN2O/c1-9(2)18-8-17-7-13(18)14(19)5-10-3-4-11(15)6-12(10)16/h3-4,6-9,14,19H,5H2,1-2H3. The van der Waals surface area contributed by atoms with E-state index in [1.165, 1.54) is 0 Å². The van der Waals surface area contributed by atoms with Gasteiger partial charge in [-0.15, -0.1) is 0 Å².